The van der Waals surface area contributed by atoms with E-state index >= 15 is 0 Å². The molecule has 5 aromatic carbocycles. The predicted octanol–water partition coefficient (Wildman–Crippen LogP) is 8.02. The topological polar surface area (TPSA) is 93.1 Å². The van der Waals surface area contributed by atoms with Gasteiger partial charge < -0.3 is 19.7 Å². The number of carbonyl (C=O) groups is 2. The number of fused-ring (bicyclic) bond motifs is 2. The van der Waals surface area contributed by atoms with Crippen molar-refractivity contribution in [3.05, 3.63) is 119 Å². The highest BCUT2D eigenvalue weighted by molar-refractivity contribution is 6.35. The largest absolute Gasteiger partial charge is 0.504 e. The molecule has 0 aromatic heterocycles. The molecule has 0 saturated carbocycles. The molecule has 0 aliphatic carbocycles. The summed E-state index contributed by atoms with van der Waals surface area (Å²) in [5, 5.41) is 24.7. The van der Waals surface area contributed by atoms with Gasteiger partial charge in [-0.15, -0.1) is 0 Å². The van der Waals surface area contributed by atoms with Crippen LogP contribution in [0.2, 0.25) is 5.02 Å². The number of allylic oxidation sites excluding steroid dienone is 2. The molecule has 0 bridgehead atoms. The average molecular weight is 581 g/mol. The standard InChI is InChI=1S/C21H20O6.C14H9Cl/c1-26-20-11-14(5-9-18(20)24)3-7-16(22)13-17(23)8-4-15-6-10-19(25)21(12-15)27-2;15-14-7-3-6-12-8-10-4-1-2-5-11(10)9-13(12)14/h3-12,24-25H,13H2,1-2H3;1-9H/b7-3+,8-4+;. The van der Waals surface area contributed by atoms with Crippen LogP contribution >= 0.6 is 11.6 Å². The molecule has 6 nitrogen and oxygen atoms in total. The Kier molecular flexibility index (Phi) is 9.98. The van der Waals surface area contributed by atoms with Crippen LogP contribution in [-0.4, -0.2) is 36.0 Å². The minimum Gasteiger partial charge on any atom is -0.504 e. The molecular weight excluding hydrogens is 552 g/mol. The molecule has 0 unspecified atom stereocenters. The molecule has 0 fully saturated rings. The Morgan fingerprint density at radius 2 is 1.17 bits per heavy atom. The third kappa shape index (κ3) is 7.77. The van der Waals surface area contributed by atoms with Gasteiger partial charge in [0.15, 0.2) is 34.6 Å². The molecule has 42 heavy (non-hydrogen) atoms. The zero-order valence-electron chi connectivity index (χ0n) is 23.1. The Morgan fingerprint density at radius 3 is 1.69 bits per heavy atom. The van der Waals surface area contributed by atoms with E-state index in [1.54, 1.807) is 36.4 Å². The first-order valence-corrected chi connectivity index (χ1v) is 13.4. The first-order valence-electron chi connectivity index (χ1n) is 13.0. The Hall–Kier alpha value is -5.07. The second kappa shape index (κ2) is 14.0. The zero-order valence-corrected chi connectivity index (χ0v) is 23.8. The van der Waals surface area contributed by atoms with Crippen molar-refractivity contribution in [2.24, 2.45) is 0 Å². The van der Waals surface area contributed by atoms with Crippen molar-refractivity contribution >= 4 is 56.9 Å². The molecule has 7 heteroatoms. The van der Waals surface area contributed by atoms with E-state index in [2.05, 4.69) is 36.4 Å². The number of hydrogen-bond acceptors (Lipinski definition) is 6. The van der Waals surface area contributed by atoms with Crippen LogP contribution in [0.1, 0.15) is 17.5 Å². The number of phenols is 2. The highest BCUT2D eigenvalue weighted by Gasteiger charge is 2.06. The molecule has 0 heterocycles. The fraction of sp³-hybridized carbons (Fsp3) is 0.0857. The Bertz CT molecular complexity index is 1730. The van der Waals surface area contributed by atoms with Crippen molar-refractivity contribution in [2.75, 3.05) is 14.2 Å². The third-order valence-corrected chi connectivity index (χ3v) is 6.70. The van der Waals surface area contributed by atoms with Crippen LogP contribution in [0.4, 0.5) is 0 Å². The first kappa shape index (κ1) is 29.9. The summed E-state index contributed by atoms with van der Waals surface area (Å²) in [6.07, 6.45) is 5.44. The van der Waals surface area contributed by atoms with E-state index in [0.29, 0.717) is 22.6 Å². The predicted molar refractivity (Wildman–Crippen MR) is 168 cm³/mol. The molecule has 0 aliphatic rings. The van der Waals surface area contributed by atoms with Crippen molar-refractivity contribution in [3.8, 4) is 23.0 Å². The maximum atomic E-state index is 11.9. The van der Waals surface area contributed by atoms with Gasteiger partial charge in [0.2, 0.25) is 0 Å². The summed E-state index contributed by atoms with van der Waals surface area (Å²) < 4.78 is 10.00. The lowest BCUT2D eigenvalue weighted by molar-refractivity contribution is -0.121. The second-order valence-corrected chi connectivity index (χ2v) is 9.71. The average Bonchev–Trinajstić information content (AvgIpc) is 3.00. The van der Waals surface area contributed by atoms with Crippen LogP contribution in [0, 0.1) is 0 Å². The Labute approximate surface area is 248 Å². The normalized spacial score (nSPS) is 11.0. The number of halogens is 1. The minimum absolute atomic E-state index is 0.00662. The fourth-order valence-electron chi connectivity index (χ4n) is 4.19. The molecular formula is C35H29ClO6. The summed E-state index contributed by atoms with van der Waals surface area (Å²) in [6, 6.07) is 28.0. The van der Waals surface area contributed by atoms with Crippen molar-refractivity contribution in [3.63, 3.8) is 0 Å². The number of ketones is 2. The summed E-state index contributed by atoms with van der Waals surface area (Å²) >= 11 is 6.16. The van der Waals surface area contributed by atoms with Crippen LogP contribution in [0.3, 0.4) is 0 Å². The quantitative estimate of drug-likeness (QED) is 0.110. The molecule has 5 rings (SSSR count). The smallest absolute Gasteiger partial charge is 0.163 e. The van der Waals surface area contributed by atoms with Gasteiger partial charge in [-0.2, -0.15) is 0 Å². The van der Waals surface area contributed by atoms with Crippen molar-refractivity contribution in [1.82, 2.24) is 0 Å². The summed E-state index contributed by atoms with van der Waals surface area (Å²) in [5.74, 6) is -0.0832. The van der Waals surface area contributed by atoms with Gasteiger partial charge in [-0.25, -0.2) is 0 Å². The lowest BCUT2D eigenvalue weighted by Gasteiger charge is -2.03. The first-order chi connectivity index (χ1) is 20.3. The van der Waals surface area contributed by atoms with E-state index < -0.39 is 0 Å². The van der Waals surface area contributed by atoms with Crippen molar-refractivity contribution in [2.45, 2.75) is 6.42 Å². The van der Waals surface area contributed by atoms with Gasteiger partial charge in [-0.05, 0) is 81.9 Å². The molecule has 212 valence electrons. The van der Waals surface area contributed by atoms with Crippen LogP contribution in [-0.2, 0) is 9.59 Å². The van der Waals surface area contributed by atoms with E-state index in [1.165, 1.54) is 54.7 Å². The summed E-state index contributed by atoms with van der Waals surface area (Å²) in [4.78, 5) is 23.9. The van der Waals surface area contributed by atoms with Gasteiger partial charge in [0.05, 0.1) is 20.6 Å². The number of carbonyl (C=O) groups excluding carboxylic acids is 2. The highest BCUT2D eigenvalue weighted by atomic mass is 35.5. The van der Waals surface area contributed by atoms with Crippen LogP contribution < -0.4 is 9.47 Å². The molecule has 0 saturated heterocycles. The number of hydrogen-bond donors (Lipinski definition) is 2. The van der Waals surface area contributed by atoms with E-state index in [4.69, 9.17) is 21.1 Å². The number of phenolic OH excluding ortho intramolecular Hbond substituents is 2. The van der Waals surface area contributed by atoms with Gasteiger partial charge in [0, 0.05) is 10.4 Å². The summed E-state index contributed by atoms with van der Waals surface area (Å²) in [7, 11) is 2.87. The molecule has 0 radical (unpaired) electrons. The van der Waals surface area contributed by atoms with Crippen LogP contribution in [0.5, 0.6) is 23.0 Å². The maximum Gasteiger partial charge on any atom is 0.163 e. The molecule has 0 amide bonds. The number of aromatic hydroxyl groups is 2. The Morgan fingerprint density at radius 1 is 0.667 bits per heavy atom. The van der Waals surface area contributed by atoms with E-state index in [0.717, 1.165) is 10.4 Å². The van der Waals surface area contributed by atoms with Gasteiger partial charge in [0.25, 0.3) is 0 Å². The van der Waals surface area contributed by atoms with E-state index in [1.807, 2.05) is 18.2 Å². The highest BCUT2D eigenvalue weighted by Crippen LogP contribution is 2.29. The van der Waals surface area contributed by atoms with Gasteiger partial charge >= 0.3 is 0 Å². The Balaban J connectivity index is 0.000000225. The van der Waals surface area contributed by atoms with Gasteiger partial charge in [0.1, 0.15) is 0 Å². The number of ether oxygens (including phenoxy) is 2. The third-order valence-electron chi connectivity index (χ3n) is 6.37. The summed E-state index contributed by atoms with van der Waals surface area (Å²) in [5.41, 5.74) is 1.33. The molecule has 0 atom stereocenters. The van der Waals surface area contributed by atoms with Crippen molar-refractivity contribution in [1.29, 1.82) is 0 Å². The van der Waals surface area contributed by atoms with E-state index in [9.17, 15) is 19.8 Å². The van der Waals surface area contributed by atoms with Crippen LogP contribution in [0.25, 0.3) is 33.7 Å². The number of benzene rings is 5. The molecule has 2 N–H and O–H groups in total. The van der Waals surface area contributed by atoms with Gasteiger partial charge in [-0.3, -0.25) is 9.59 Å². The minimum atomic E-state index is -0.347. The van der Waals surface area contributed by atoms with Gasteiger partial charge in [-0.1, -0.05) is 72.3 Å². The lowest BCUT2D eigenvalue weighted by Crippen LogP contribution is -2.01. The van der Waals surface area contributed by atoms with E-state index in [-0.39, 0.29) is 29.5 Å². The molecule has 0 spiro atoms. The fourth-order valence-corrected chi connectivity index (χ4v) is 4.43. The second-order valence-electron chi connectivity index (χ2n) is 9.30. The zero-order chi connectivity index (χ0) is 30.1. The maximum absolute atomic E-state index is 11.9. The number of rotatable bonds is 8. The van der Waals surface area contributed by atoms with Crippen molar-refractivity contribution < 1.29 is 29.3 Å². The lowest BCUT2D eigenvalue weighted by atomic mass is 10.0. The monoisotopic (exact) mass is 580 g/mol. The molecule has 5 aromatic rings. The number of methoxy groups -OCH3 is 2. The molecule has 0 aliphatic heterocycles. The summed E-state index contributed by atoms with van der Waals surface area (Å²) in [6.45, 7) is 0. The SMILES string of the molecule is COc1cc(/C=C/C(=O)CC(=O)/C=C/c2ccc(O)c(OC)c2)ccc1O.Clc1cccc2cc3ccccc3cc12. The van der Waals surface area contributed by atoms with Crippen LogP contribution in [0.15, 0.2) is 103 Å².